The van der Waals surface area contributed by atoms with Crippen molar-refractivity contribution in [1.29, 1.82) is 0 Å². The molecule has 0 radical (unpaired) electrons. The standard InChI is InChI=1S/C24H24Cl2N2O2/c25-21-12-8-17(14-22(21)26)5-3-1-2-4-16-6-10-19(11-7-16)28-23-13-9-18(27)15-20(23)24(29)30/h6-15,28H,1-5,27H2,(H,29,30). The van der Waals surface area contributed by atoms with E-state index in [0.29, 0.717) is 21.4 Å². The summed E-state index contributed by atoms with van der Waals surface area (Å²) in [6, 6.07) is 18.7. The molecule has 0 unspecified atom stereocenters. The number of unbranched alkanes of at least 4 members (excludes halogenated alkanes) is 2. The molecule has 3 aromatic rings. The van der Waals surface area contributed by atoms with Gasteiger partial charge in [-0.05, 0) is 79.3 Å². The molecule has 0 fully saturated rings. The van der Waals surface area contributed by atoms with Crippen molar-refractivity contribution in [2.24, 2.45) is 0 Å². The van der Waals surface area contributed by atoms with E-state index in [0.717, 1.165) is 37.8 Å². The average Bonchev–Trinajstić information content (AvgIpc) is 2.72. The highest BCUT2D eigenvalue weighted by Gasteiger charge is 2.10. The summed E-state index contributed by atoms with van der Waals surface area (Å²) in [7, 11) is 0. The van der Waals surface area contributed by atoms with Gasteiger partial charge in [0.15, 0.2) is 0 Å². The lowest BCUT2D eigenvalue weighted by molar-refractivity contribution is 0.0698. The molecule has 0 aliphatic carbocycles. The molecule has 0 aliphatic rings. The molecule has 156 valence electrons. The normalized spacial score (nSPS) is 10.7. The lowest BCUT2D eigenvalue weighted by Gasteiger charge is -2.11. The van der Waals surface area contributed by atoms with Gasteiger partial charge in [-0.3, -0.25) is 0 Å². The highest BCUT2D eigenvalue weighted by atomic mass is 35.5. The van der Waals surface area contributed by atoms with E-state index in [1.807, 2.05) is 30.3 Å². The van der Waals surface area contributed by atoms with Gasteiger partial charge in [0.05, 0.1) is 21.3 Å². The molecule has 4 N–H and O–H groups in total. The summed E-state index contributed by atoms with van der Waals surface area (Å²) < 4.78 is 0. The number of hydrogen-bond acceptors (Lipinski definition) is 3. The Morgan fingerprint density at radius 2 is 1.50 bits per heavy atom. The number of aryl methyl sites for hydroxylation is 2. The number of nitrogens with one attached hydrogen (secondary N) is 1. The zero-order valence-corrected chi connectivity index (χ0v) is 18.0. The minimum atomic E-state index is -1.01. The number of rotatable bonds is 9. The fourth-order valence-corrected chi connectivity index (χ4v) is 3.61. The van der Waals surface area contributed by atoms with Crippen LogP contribution in [0, 0.1) is 0 Å². The van der Waals surface area contributed by atoms with Crippen LogP contribution in [0.1, 0.15) is 40.7 Å². The van der Waals surface area contributed by atoms with Crippen molar-refractivity contribution in [3.63, 3.8) is 0 Å². The fraction of sp³-hybridized carbons (Fsp3) is 0.208. The number of halogens is 2. The zero-order valence-electron chi connectivity index (χ0n) is 16.5. The first-order valence-corrected chi connectivity index (χ1v) is 10.6. The third-order valence-electron chi connectivity index (χ3n) is 4.92. The second kappa shape index (κ2) is 10.4. The van der Waals surface area contributed by atoms with Gasteiger partial charge in [0, 0.05) is 11.4 Å². The molecule has 4 nitrogen and oxygen atoms in total. The number of carboxylic acids is 1. The van der Waals surface area contributed by atoms with Gasteiger partial charge in [0.1, 0.15) is 0 Å². The van der Waals surface area contributed by atoms with Crippen molar-refractivity contribution in [3.8, 4) is 0 Å². The van der Waals surface area contributed by atoms with Crippen LogP contribution < -0.4 is 11.1 Å². The van der Waals surface area contributed by atoms with E-state index in [1.165, 1.54) is 17.2 Å². The van der Waals surface area contributed by atoms with Crippen molar-refractivity contribution in [3.05, 3.63) is 87.4 Å². The smallest absolute Gasteiger partial charge is 0.337 e. The minimum Gasteiger partial charge on any atom is -0.478 e. The average molecular weight is 443 g/mol. The van der Waals surface area contributed by atoms with Crippen molar-refractivity contribution in [2.45, 2.75) is 32.1 Å². The predicted molar refractivity (Wildman–Crippen MR) is 125 cm³/mol. The van der Waals surface area contributed by atoms with Crippen LogP contribution in [0.15, 0.2) is 60.7 Å². The predicted octanol–water partition coefficient (Wildman–Crippen LogP) is 6.97. The number of carboxylic acid groups (broad SMARTS) is 1. The van der Waals surface area contributed by atoms with Crippen LogP contribution in [0.25, 0.3) is 0 Å². The molecule has 3 aromatic carbocycles. The van der Waals surface area contributed by atoms with Crippen LogP contribution in [-0.4, -0.2) is 11.1 Å². The minimum absolute atomic E-state index is 0.154. The number of hydrogen-bond donors (Lipinski definition) is 3. The van der Waals surface area contributed by atoms with Crippen LogP contribution in [-0.2, 0) is 12.8 Å². The number of aromatic carboxylic acids is 1. The first kappa shape index (κ1) is 22.0. The summed E-state index contributed by atoms with van der Waals surface area (Å²) in [5, 5.41) is 13.7. The summed E-state index contributed by atoms with van der Waals surface area (Å²) in [6.07, 6.45) is 5.34. The van der Waals surface area contributed by atoms with E-state index in [2.05, 4.69) is 17.4 Å². The maximum absolute atomic E-state index is 11.4. The molecule has 0 bridgehead atoms. The summed E-state index contributed by atoms with van der Waals surface area (Å²) >= 11 is 12.0. The fourth-order valence-electron chi connectivity index (χ4n) is 3.29. The van der Waals surface area contributed by atoms with E-state index in [-0.39, 0.29) is 5.56 Å². The van der Waals surface area contributed by atoms with Gasteiger partial charge in [-0.25, -0.2) is 4.79 Å². The summed E-state index contributed by atoms with van der Waals surface area (Å²) in [6.45, 7) is 0. The topological polar surface area (TPSA) is 75.3 Å². The van der Waals surface area contributed by atoms with E-state index < -0.39 is 5.97 Å². The third kappa shape index (κ3) is 6.15. The first-order chi connectivity index (χ1) is 14.4. The summed E-state index contributed by atoms with van der Waals surface area (Å²) in [5.74, 6) is -1.01. The van der Waals surface area contributed by atoms with Crippen molar-refractivity contribution in [2.75, 3.05) is 11.1 Å². The Kier molecular flexibility index (Phi) is 7.61. The SMILES string of the molecule is Nc1ccc(Nc2ccc(CCCCCc3ccc(Cl)c(Cl)c3)cc2)c(C(=O)O)c1. The molecule has 0 saturated heterocycles. The Balaban J connectivity index is 1.47. The first-order valence-electron chi connectivity index (χ1n) is 9.85. The Morgan fingerprint density at radius 3 is 2.17 bits per heavy atom. The summed E-state index contributed by atoms with van der Waals surface area (Å²) in [4.78, 5) is 11.4. The van der Waals surface area contributed by atoms with Crippen molar-refractivity contribution >= 4 is 46.2 Å². The molecule has 0 heterocycles. The maximum Gasteiger partial charge on any atom is 0.337 e. The monoisotopic (exact) mass is 442 g/mol. The molecule has 0 aromatic heterocycles. The van der Waals surface area contributed by atoms with Gasteiger partial charge in [-0.1, -0.05) is 47.8 Å². The van der Waals surface area contributed by atoms with Gasteiger partial charge >= 0.3 is 5.97 Å². The number of nitrogens with two attached hydrogens (primary N) is 1. The highest BCUT2D eigenvalue weighted by Crippen LogP contribution is 2.25. The lowest BCUT2D eigenvalue weighted by atomic mass is 10.0. The van der Waals surface area contributed by atoms with E-state index >= 15 is 0 Å². The van der Waals surface area contributed by atoms with Gasteiger partial charge in [0.25, 0.3) is 0 Å². The van der Waals surface area contributed by atoms with E-state index in [9.17, 15) is 9.90 Å². The van der Waals surface area contributed by atoms with Gasteiger partial charge < -0.3 is 16.2 Å². The largest absolute Gasteiger partial charge is 0.478 e. The number of carbonyl (C=O) groups is 1. The second-order valence-corrected chi connectivity index (χ2v) is 8.06. The van der Waals surface area contributed by atoms with Gasteiger partial charge in [-0.15, -0.1) is 0 Å². The Hall–Kier alpha value is -2.69. The molecule has 6 heteroatoms. The molecule has 0 spiro atoms. The van der Waals surface area contributed by atoms with Crippen LogP contribution in [0.2, 0.25) is 10.0 Å². The number of benzene rings is 3. The van der Waals surface area contributed by atoms with Crippen molar-refractivity contribution in [1.82, 2.24) is 0 Å². The van der Waals surface area contributed by atoms with Crippen LogP contribution in [0.3, 0.4) is 0 Å². The number of nitrogen functional groups attached to an aromatic ring is 1. The summed E-state index contributed by atoms with van der Waals surface area (Å²) in [5.41, 5.74) is 10.1. The van der Waals surface area contributed by atoms with Gasteiger partial charge in [-0.2, -0.15) is 0 Å². The third-order valence-corrected chi connectivity index (χ3v) is 5.66. The highest BCUT2D eigenvalue weighted by molar-refractivity contribution is 6.42. The van der Waals surface area contributed by atoms with Crippen LogP contribution in [0.5, 0.6) is 0 Å². The Labute approximate surface area is 186 Å². The van der Waals surface area contributed by atoms with E-state index in [1.54, 1.807) is 12.1 Å². The maximum atomic E-state index is 11.4. The molecular formula is C24H24Cl2N2O2. The van der Waals surface area contributed by atoms with Crippen LogP contribution >= 0.6 is 23.2 Å². The van der Waals surface area contributed by atoms with Crippen molar-refractivity contribution < 1.29 is 9.90 Å². The quantitative estimate of drug-likeness (QED) is 0.247. The Bertz CT molecular complexity index is 1020. The molecule has 0 atom stereocenters. The zero-order chi connectivity index (χ0) is 21.5. The molecule has 0 aliphatic heterocycles. The lowest BCUT2D eigenvalue weighted by Crippen LogP contribution is -2.04. The number of anilines is 3. The molecule has 3 rings (SSSR count). The van der Waals surface area contributed by atoms with E-state index in [4.69, 9.17) is 28.9 Å². The second-order valence-electron chi connectivity index (χ2n) is 7.24. The van der Waals surface area contributed by atoms with Gasteiger partial charge in [0.2, 0.25) is 0 Å². The van der Waals surface area contributed by atoms with Crippen LogP contribution in [0.4, 0.5) is 17.1 Å². The molecule has 0 saturated carbocycles. The Morgan fingerprint density at radius 1 is 0.833 bits per heavy atom. The molecule has 30 heavy (non-hydrogen) atoms. The molecular weight excluding hydrogens is 419 g/mol. The molecule has 0 amide bonds.